The van der Waals surface area contributed by atoms with Crippen molar-refractivity contribution in [2.75, 3.05) is 13.1 Å². The standard InChI is InChI=1S/C14H24N2O6/c1-14(2,3)22-13(21)15-6-4-5-10(12(19)20)16-8-9(17)7-11(16)18/h9-10,17H,4-8H2,1-3H3,(H,15,21)(H,19,20)/t9?,10-/m0/s1. The van der Waals surface area contributed by atoms with Crippen molar-refractivity contribution in [3.05, 3.63) is 0 Å². The molecule has 0 bridgehead atoms. The molecule has 8 heteroatoms. The Morgan fingerprint density at radius 1 is 1.45 bits per heavy atom. The minimum absolute atomic E-state index is 0.0370. The van der Waals surface area contributed by atoms with Gasteiger partial charge in [0.25, 0.3) is 0 Å². The highest BCUT2D eigenvalue weighted by atomic mass is 16.6. The number of aliphatic hydroxyl groups excluding tert-OH is 1. The van der Waals surface area contributed by atoms with Gasteiger partial charge in [-0.1, -0.05) is 0 Å². The van der Waals surface area contributed by atoms with Crippen molar-refractivity contribution in [2.45, 2.75) is 57.8 Å². The molecule has 0 spiro atoms. The molecule has 8 nitrogen and oxygen atoms in total. The first-order valence-corrected chi connectivity index (χ1v) is 7.27. The predicted molar refractivity (Wildman–Crippen MR) is 77.2 cm³/mol. The van der Waals surface area contributed by atoms with Crippen LogP contribution >= 0.6 is 0 Å². The van der Waals surface area contributed by atoms with E-state index in [1.807, 2.05) is 0 Å². The second-order valence-corrected chi connectivity index (χ2v) is 6.33. The van der Waals surface area contributed by atoms with Crippen molar-refractivity contribution in [1.29, 1.82) is 0 Å². The molecule has 0 aliphatic carbocycles. The number of ether oxygens (including phenoxy) is 1. The number of alkyl carbamates (subject to hydrolysis) is 1. The summed E-state index contributed by atoms with van der Waals surface area (Å²) < 4.78 is 5.06. The van der Waals surface area contributed by atoms with Gasteiger partial charge >= 0.3 is 12.1 Å². The summed E-state index contributed by atoms with van der Waals surface area (Å²) in [4.78, 5) is 35.5. The number of likely N-dealkylation sites (tertiary alicyclic amines) is 1. The third-order valence-corrected chi connectivity index (χ3v) is 3.12. The van der Waals surface area contributed by atoms with Gasteiger partial charge in [-0.15, -0.1) is 0 Å². The lowest BCUT2D eigenvalue weighted by Crippen LogP contribution is -2.43. The molecule has 2 atom stereocenters. The summed E-state index contributed by atoms with van der Waals surface area (Å²) in [5.41, 5.74) is -0.591. The van der Waals surface area contributed by atoms with E-state index in [1.165, 1.54) is 4.90 Å². The van der Waals surface area contributed by atoms with Gasteiger partial charge in [0.05, 0.1) is 12.5 Å². The number of rotatable bonds is 6. The molecule has 1 aliphatic heterocycles. The first-order valence-electron chi connectivity index (χ1n) is 7.27. The van der Waals surface area contributed by atoms with Gasteiger partial charge in [0.1, 0.15) is 11.6 Å². The average Bonchev–Trinajstić information content (AvgIpc) is 2.65. The Morgan fingerprint density at radius 2 is 2.09 bits per heavy atom. The number of hydrogen-bond donors (Lipinski definition) is 3. The molecule has 0 aromatic heterocycles. The van der Waals surface area contributed by atoms with Crippen molar-refractivity contribution >= 4 is 18.0 Å². The number of aliphatic hydroxyl groups is 1. The molecule has 126 valence electrons. The van der Waals surface area contributed by atoms with Crippen LogP contribution < -0.4 is 5.32 Å². The summed E-state index contributed by atoms with van der Waals surface area (Å²) in [6.45, 7) is 5.53. The fraction of sp³-hybridized carbons (Fsp3) is 0.786. The predicted octanol–water partition coefficient (Wildman–Crippen LogP) is 0.338. The maximum atomic E-state index is 11.6. The first kappa shape index (κ1) is 18.2. The normalized spacial score (nSPS) is 19.9. The fourth-order valence-corrected chi connectivity index (χ4v) is 2.23. The van der Waals surface area contributed by atoms with Gasteiger partial charge in [0, 0.05) is 13.1 Å². The number of carbonyl (C=O) groups is 3. The Bertz CT molecular complexity index is 432. The summed E-state index contributed by atoms with van der Waals surface area (Å²) in [6.07, 6.45) is -0.833. The average molecular weight is 316 g/mol. The zero-order chi connectivity index (χ0) is 16.9. The molecule has 0 radical (unpaired) electrons. The summed E-state index contributed by atoms with van der Waals surface area (Å²) in [5, 5.41) is 21.2. The lowest BCUT2D eigenvalue weighted by Gasteiger charge is -2.24. The number of aliphatic carboxylic acids is 1. The second-order valence-electron chi connectivity index (χ2n) is 6.33. The maximum Gasteiger partial charge on any atom is 0.407 e. The van der Waals surface area contributed by atoms with Crippen LogP contribution in [0.1, 0.15) is 40.0 Å². The van der Waals surface area contributed by atoms with E-state index < -0.39 is 29.8 Å². The quantitative estimate of drug-likeness (QED) is 0.608. The summed E-state index contributed by atoms with van der Waals surface area (Å²) in [7, 11) is 0. The minimum atomic E-state index is -1.11. The summed E-state index contributed by atoms with van der Waals surface area (Å²) >= 11 is 0. The van der Waals surface area contributed by atoms with Crippen molar-refractivity contribution < 1.29 is 29.3 Å². The number of carbonyl (C=O) groups excluding carboxylic acids is 2. The van der Waals surface area contributed by atoms with Gasteiger partial charge in [-0.25, -0.2) is 9.59 Å². The van der Waals surface area contributed by atoms with Crippen LogP contribution in [0.25, 0.3) is 0 Å². The van der Waals surface area contributed by atoms with Gasteiger partial charge in [0.15, 0.2) is 0 Å². The molecule has 1 heterocycles. The zero-order valence-corrected chi connectivity index (χ0v) is 13.2. The fourth-order valence-electron chi connectivity index (χ4n) is 2.23. The highest BCUT2D eigenvalue weighted by Crippen LogP contribution is 2.17. The molecule has 22 heavy (non-hydrogen) atoms. The number of β-amino-alcohol motifs (C(OH)–C–C–N with tert-alkyl or cyclic N) is 1. The summed E-state index contributed by atoms with van der Waals surface area (Å²) in [6, 6.07) is -0.981. The number of amides is 2. The van der Waals surface area contributed by atoms with E-state index in [0.29, 0.717) is 6.42 Å². The molecule has 1 saturated heterocycles. The molecule has 1 unspecified atom stereocenters. The van der Waals surface area contributed by atoms with Crippen LogP contribution in [0, 0.1) is 0 Å². The smallest absolute Gasteiger partial charge is 0.407 e. The number of nitrogens with zero attached hydrogens (tertiary/aromatic N) is 1. The minimum Gasteiger partial charge on any atom is -0.480 e. The van der Waals surface area contributed by atoms with Gasteiger partial charge < -0.3 is 25.2 Å². The first-order chi connectivity index (χ1) is 10.1. The van der Waals surface area contributed by atoms with Crippen LogP contribution in [0.5, 0.6) is 0 Å². The van der Waals surface area contributed by atoms with E-state index in [4.69, 9.17) is 4.74 Å². The van der Waals surface area contributed by atoms with E-state index >= 15 is 0 Å². The van der Waals surface area contributed by atoms with Gasteiger partial charge in [-0.3, -0.25) is 4.79 Å². The molecule has 0 saturated carbocycles. The third kappa shape index (κ3) is 5.88. The van der Waals surface area contributed by atoms with E-state index in [-0.39, 0.29) is 31.8 Å². The molecular formula is C14H24N2O6. The van der Waals surface area contributed by atoms with E-state index in [1.54, 1.807) is 20.8 Å². The monoisotopic (exact) mass is 316 g/mol. The molecule has 1 rings (SSSR count). The molecule has 2 amide bonds. The Labute approximate surface area is 129 Å². The highest BCUT2D eigenvalue weighted by molar-refractivity contribution is 5.85. The van der Waals surface area contributed by atoms with Crippen LogP contribution in [0.2, 0.25) is 0 Å². The van der Waals surface area contributed by atoms with Gasteiger partial charge in [0.2, 0.25) is 5.91 Å². The Hall–Kier alpha value is -1.83. The van der Waals surface area contributed by atoms with E-state index in [9.17, 15) is 24.6 Å². The molecule has 1 fully saturated rings. The van der Waals surface area contributed by atoms with Crippen molar-refractivity contribution in [2.24, 2.45) is 0 Å². The number of carboxylic acid groups (broad SMARTS) is 1. The third-order valence-electron chi connectivity index (χ3n) is 3.12. The molecule has 3 N–H and O–H groups in total. The van der Waals surface area contributed by atoms with Gasteiger partial charge in [-0.05, 0) is 33.6 Å². The highest BCUT2D eigenvalue weighted by Gasteiger charge is 2.36. The van der Waals surface area contributed by atoms with E-state index in [0.717, 1.165) is 0 Å². The maximum absolute atomic E-state index is 11.6. The molecular weight excluding hydrogens is 292 g/mol. The van der Waals surface area contributed by atoms with Crippen molar-refractivity contribution in [3.8, 4) is 0 Å². The molecule has 0 aromatic rings. The van der Waals surface area contributed by atoms with Gasteiger partial charge in [-0.2, -0.15) is 0 Å². The molecule has 1 aliphatic rings. The zero-order valence-electron chi connectivity index (χ0n) is 13.2. The van der Waals surface area contributed by atoms with Crippen molar-refractivity contribution in [1.82, 2.24) is 10.2 Å². The Kier molecular flexibility index (Phi) is 6.16. The van der Waals surface area contributed by atoms with E-state index in [2.05, 4.69) is 5.32 Å². The molecule has 0 aromatic carbocycles. The Morgan fingerprint density at radius 3 is 2.55 bits per heavy atom. The lowest BCUT2D eigenvalue weighted by molar-refractivity contribution is -0.148. The van der Waals surface area contributed by atoms with Crippen LogP contribution in [-0.4, -0.2) is 63.9 Å². The van der Waals surface area contributed by atoms with Crippen LogP contribution in [0.15, 0.2) is 0 Å². The largest absolute Gasteiger partial charge is 0.480 e. The second kappa shape index (κ2) is 7.44. The number of nitrogens with one attached hydrogen (secondary N) is 1. The SMILES string of the molecule is CC(C)(C)OC(=O)NCCC[C@@H](C(=O)O)N1CC(O)CC1=O. The lowest BCUT2D eigenvalue weighted by atomic mass is 10.1. The number of carboxylic acids is 1. The van der Waals surface area contributed by atoms with Crippen molar-refractivity contribution in [3.63, 3.8) is 0 Å². The number of hydrogen-bond acceptors (Lipinski definition) is 5. The van der Waals surface area contributed by atoms with Crippen LogP contribution in [-0.2, 0) is 14.3 Å². The topological polar surface area (TPSA) is 116 Å². The summed E-state index contributed by atoms with van der Waals surface area (Å²) in [5.74, 6) is -1.47. The Balaban J connectivity index is 2.39. The van der Waals surface area contributed by atoms with Crippen LogP contribution in [0.3, 0.4) is 0 Å². The van der Waals surface area contributed by atoms with Crippen LogP contribution in [0.4, 0.5) is 4.79 Å².